The van der Waals surface area contributed by atoms with Gasteiger partial charge < -0.3 is 91.0 Å². The minimum absolute atomic E-state index is 1.13. The van der Waals surface area contributed by atoms with Crippen LogP contribution in [0.4, 0.5) is 0 Å². The molecular formula is C88H230O20Si32. The Morgan fingerprint density at radius 3 is 0.229 bits per heavy atom. The van der Waals surface area contributed by atoms with Crippen LogP contribution >= 0.6 is 0 Å². The Morgan fingerprint density at radius 1 is 0.143 bits per heavy atom. The summed E-state index contributed by atoms with van der Waals surface area (Å²) in [4.78, 5) is 68.6. The Labute approximate surface area is 900 Å². The average molecular weight is 2510 g/mol. The molecule has 0 heterocycles. The van der Waals surface area contributed by atoms with Crippen LogP contribution < -0.4 is 0 Å². The van der Waals surface area contributed by atoms with Gasteiger partial charge in [-0.1, -0.05) is 353 Å². The summed E-state index contributed by atoms with van der Waals surface area (Å²) in [5.74, 6) is 0. The molecule has 0 rings (SSSR count). The zero-order valence-corrected chi connectivity index (χ0v) is 137. The zero-order valence-electron chi connectivity index (χ0n) is 105. The molecule has 140 heavy (non-hydrogen) atoms. The van der Waals surface area contributed by atoms with Crippen LogP contribution in [0, 0.1) is 0 Å². The van der Waals surface area contributed by atoms with Crippen molar-refractivity contribution in [1.82, 2.24) is 0 Å². The highest BCUT2D eigenvalue weighted by atomic mass is 30.4. The number of hydrogen-bond donors (Lipinski definition) is 6. The second-order valence-corrected chi connectivity index (χ2v) is 225. The fraction of sp³-hybridized carbons (Fsp3) is 0.818. The first-order valence-corrected chi connectivity index (χ1v) is 149. The summed E-state index contributed by atoms with van der Waals surface area (Å²) in [6.07, 6.45) is -11.2. The van der Waals surface area contributed by atoms with E-state index >= 15 is 0 Å². The standard InChI is InChI=1S/8C11H28OSi3.H6O12Si8/c8*1-12-15(8,9)11(14(5,6)7)10-13(2,3)4;1-13(2)19(14(3)4,15(5)6)20(16(7)8,17(9)10)18(11)12/h8*10H,1-9H3;1,3,5,7,9,11H/b8*11-10+;. The molecule has 6 N–H and O–H groups in total. The first-order chi connectivity index (χ1) is 60.1. The molecule has 0 spiro atoms. The smallest absolute Gasteiger partial charge is 0.483 e. The predicted molar refractivity (Wildman–Crippen MR) is 698 cm³/mol. The Kier molecular flexibility index (Phi) is 67.7. The monoisotopic (exact) mass is 2500 g/mol. The summed E-state index contributed by atoms with van der Waals surface area (Å²) in [7, 11) is -43.6. The summed E-state index contributed by atoms with van der Waals surface area (Å²) >= 11 is 0. The van der Waals surface area contributed by atoms with Gasteiger partial charge in [0.05, 0.1) is 129 Å². The van der Waals surface area contributed by atoms with Crippen molar-refractivity contribution in [1.29, 1.82) is 0 Å². The average Bonchev–Trinajstić information content (AvgIpc) is 0.710. The van der Waals surface area contributed by atoms with Crippen molar-refractivity contribution in [2.75, 3.05) is 56.9 Å². The lowest BCUT2D eigenvalue weighted by Gasteiger charge is -2.34. The van der Waals surface area contributed by atoms with E-state index in [9.17, 15) is 26.8 Å². The Balaban J connectivity index is -0.000000197. The highest BCUT2D eigenvalue weighted by Crippen LogP contribution is 2.37. The van der Waals surface area contributed by atoms with E-state index in [1.807, 2.05) is 56.9 Å². The number of hydrogen-bond acceptors (Lipinski definition) is 14. The molecule has 20 nitrogen and oxygen atoms in total. The van der Waals surface area contributed by atoms with E-state index in [1.54, 1.807) is 38.6 Å². The summed E-state index contributed by atoms with van der Waals surface area (Å²) in [6.45, 7) is 154. The van der Waals surface area contributed by atoms with E-state index in [-0.39, 0.29) is 0 Å². The molecule has 0 atom stereocenters. The van der Waals surface area contributed by atoms with Crippen LogP contribution in [0.3, 0.4) is 0 Å². The van der Waals surface area contributed by atoms with Gasteiger partial charge in [0.1, 0.15) is 0 Å². The molecule has 0 aromatic heterocycles. The minimum Gasteiger partial charge on any atom is -0.542 e. The SMILES string of the molecule is CO[Si](C)(C)/C(=C/[Si](C)(C)C)[Si](C)(C)C.CO[Si](C)(C)/C(=C/[Si](C)(C)C)[Si](C)(C)C.CO[Si](C)(C)/C(=C/[Si](C)(C)C)[Si](C)(C)C.CO[Si](C)(C)/C(=C/[Si](C)(C)C)[Si](C)(C)C.CO[Si](C)(C)/C(=C/[Si](C)(C)C)[Si](C)(C)C.CO[Si](C)(C)/C(=C/[Si](C)(C)C)[Si](C)(C)C.CO[Si](C)(C)/C(=C/[Si](C)(C)C)[Si](C)(C)C.CO[Si](C)(C)/C(=C/[Si](C)(C)C)[Si](C)(C)C.O=[Si](O)[Si]([Si](=O)O)([Si](=O)O)[Si]([Si](=O)O)([Si](=O)O)[Si](=O)O. The molecule has 0 saturated heterocycles. The zero-order chi connectivity index (χ0) is 116. The fourth-order valence-electron chi connectivity index (χ4n) is 16.2. The Morgan fingerprint density at radius 2 is 0.200 bits per heavy atom. The molecule has 0 bridgehead atoms. The van der Waals surface area contributed by atoms with Gasteiger partial charge in [-0.25, -0.2) is 0 Å². The third-order valence-corrected chi connectivity index (χ3v) is 198. The highest BCUT2D eigenvalue weighted by molar-refractivity contribution is 8.14. The van der Waals surface area contributed by atoms with Gasteiger partial charge in [-0.3, -0.25) is 0 Å². The van der Waals surface area contributed by atoms with Gasteiger partial charge in [-0.05, 0) is 105 Å². The van der Waals surface area contributed by atoms with Gasteiger partial charge in [0.2, 0.25) is 66.5 Å². The van der Waals surface area contributed by atoms with Gasteiger partial charge in [-0.2, -0.15) is 0 Å². The fourth-order valence-corrected chi connectivity index (χ4v) is 222. The molecule has 0 saturated carbocycles. The Hall–Kier alpha value is 2.14. The second-order valence-electron chi connectivity index (χ2n) is 58.4. The lowest BCUT2D eigenvalue weighted by Crippen LogP contribution is -2.91. The van der Waals surface area contributed by atoms with Crippen molar-refractivity contribution >= 4 is 259 Å². The highest BCUT2D eigenvalue weighted by Gasteiger charge is 2.91. The van der Waals surface area contributed by atoms with Gasteiger partial charge in [0, 0.05) is 56.9 Å². The normalized spacial score (nSPS) is 15.1. The Bertz CT molecular complexity index is 3400. The summed E-state index contributed by atoms with van der Waals surface area (Å²) in [5.41, 5.74) is 20.8. The first kappa shape index (κ1) is 160. The van der Waals surface area contributed by atoms with Gasteiger partial charge in [0.15, 0.2) is 0 Å². The maximum absolute atomic E-state index is 11.4. The third kappa shape index (κ3) is 63.2. The maximum Gasteiger partial charge on any atom is 0.483 e. The van der Waals surface area contributed by atoms with Crippen LogP contribution in [0.25, 0.3) is 0 Å². The van der Waals surface area contributed by atoms with Crippen LogP contribution in [0.1, 0.15) is 0 Å². The first-order valence-electron chi connectivity index (χ1n) is 49.8. The molecule has 0 aromatic carbocycles. The molecule has 0 aliphatic rings. The lowest BCUT2D eigenvalue weighted by atomic mass is 11.2. The third-order valence-electron chi connectivity index (χ3n) is 22.8. The van der Waals surface area contributed by atoms with Crippen molar-refractivity contribution in [3.8, 4) is 0 Å². The van der Waals surface area contributed by atoms with Crippen LogP contribution in [-0.4, -0.2) is 344 Å². The summed E-state index contributed by atoms with van der Waals surface area (Å²) in [5, 5.41) is 0. The quantitative estimate of drug-likeness (QED) is 0.0312. The topological polar surface area (TPSA) is 298 Å². The van der Waals surface area contributed by atoms with Crippen LogP contribution in [0.2, 0.25) is 419 Å². The molecule has 0 aromatic rings. The van der Waals surface area contributed by atoms with Crippen molar-refractivity contribution in [2.24, 2.45) is 0 Å². The van der Waals surface area contributed by atoms with Crippen molar-refractivity contribution < 1.29 is 91.0 Å². The van der Waals surface area contributed by atoms with Gasteiger partial charge in [0.25, 0.3) is 0 Å². The van der Waals surface area contributed by atoms with Crippen molar-refractivity contribution in [3.05, 3.63) is 84.2 Å². The van der Waals surface area contributed by atoms with Crippen LogP contribution in [0.5, 0.6) is 0 Å². The van der Waals surface area contributed by atoms with Gasteiger partial charge >= 0.3 is 63.0 Å². The largest absolute Gasteiger partial charge is 0.542 e. The molecule has 0 radical (unpaired) electrons. The molecule has 0 unspecified atom stereocenters. The maximum atomic E-state index is 11.4. The molecule has 830 valence electrons. The van der Waals surface area contributed by atoms with E-state index in [2.05, 4.69) is 465 Å². The molecule has 52 heteroatoms. The number of rotatable bonds is 39. The second kappa shape index (κ2) is 59.3. The lowest BCUT2D eigenvalue weighted by molar-refractivity contribution is 0.413. The van der Waals surface area contributed by atoms with Crippen molar-refractivity contribution in [3.63, 3.8) is 0 Å². The summed E-state index contributed by atoms with van der Waals surface area (Å²) in [6, 6.07) is 0. The van der Waals surface area contributed by atoms with E-state index in [0.29, 0.717) is 0 Å². The summed E-state index contributed by atoms with van der Waals surface area (Å²) < 4.78 is 115. The van der Waals surface area contributed by atoms with E-state index < -0.39 is 259 Å². The molecule has 0 aliphatic heterocycles. The van der Waals surface area contributed by atoms with E-state index in [4.69, 9.17) is 64.2 Å². The van der Waals surface area contributed by atoms with Crippen LogP contribution in [0.15, 0.2) is 84.2 Å². The van der Waals surface area contributed by atoms with E-state index in [1.165, 1.54) is 0 Å². The van der Waals surface area contributed by atoms with Crippen molar-refractivity contribution in [2.45, 2.75) is 419 Å². The molecule has 0 amide bonds. The predicted octanol–water partition coefficient (Wildman–Crippen LogP) is 25.4. The molecule has 0 fully saturated rings. The molecule has 0 aliphatic carbocycles. The van der Waals surface area contributed by atoms with E-state index in [0.717, 1.165) is 0 Å². The minimum atomic E-state index is -5.60. The van der Waals surface area contributed by atoms with Crippen LogP contribution in [-0.2, 0) is 62.2 Å². The molecular weight excluding hydrogens is 2280 g/mol. The van der Waals surface area contributed by atoms with Gasteiger partial charge in [-0.15, -0.1) is 45.6 Å².